The van der Waals surface area contributed by atoms with E-state index < -0.39 is 11.5 Å². The van der Waals surface area contributed by atoms with Crippen molar-refractivity contribution in [2.75, 3.05) is 13.7 Å². The molecule has 6 heteroatoms. The number of hydrogen-bond acceptors (Lipinski definition) is 4. The minimum Gasteiger partial charge on any atom is -0.481 e. The molecular formula is C17H25NO5. The van der Waals surface area contributed by atoms with Crippen LogP contribution in [0, 0.1) is 0 Å². The van der Waals surface area contributed by atoms with E-state index in [1.54, 1.807) is 19.1 Å². The Bertz CT molecular complexity index is 526. The zero-order valence-corrected chi connectivity index (χ0v) is 14.1. The summed E-state index contributed by atoms with van der Waals surface area (Å²) >= 11 is 0. The SMILES string of the molecule is COCC(C)(CC(=O)O)NC(=O)c1ccc(COC(C)C)cc1. The summed E-state index contributed by atoms with van der Waals surface area (Å²) in [6, 6.07) is 7.04. The summed E-state index contributed by atoms with van der Waals surface area (Å²) in [4.78, 5) is 23.3. The van der Waals surface area contributed by atoms with Gasteiger partial charge in [-0.05, 0) is 38.5 Å². The molecule has 0 radical (unpaired) electrons. The quantitative estimate of drug-likeness (QED) is 0.728. The van der Waals surface area contributed by atoms with Gasteiger partial charge in [0.2, 0.25) is 0 Å². The number of methoxy groups -OCH3 is 1. The zero-order valence-electron chi connectivity index (χ0n) is 14.1. The van der Waals surface area contributed by atoms with Crippen LogP contribution in [0.15, 0.2) is 24.3 Å². The summed E-state index contributed by atoms with van der Waals surface area (Å²) in [6.07, 6.45) is -0.0730. The second-order valence-electron chi connectivity index (χ2n) is 6.07. The van der Waals surface area contributed by atoms with Crippen molar-refractivity contribution in [2.45, 2.75) is 45.4 Å². The predicted molar refractivity (Wildman–Crippen MR) is 86.4 cm³/mol. The van der Waals surface area contributed by atoms with E-state index in [0.29, 0.717) is 12.2 Å². The number of aliphatic carboxylic acids is 1. The highest BCUT2D eigenvalue weighted by Gasteiger charge is 2.29. The van der Waals surface area contributed by atoms with Crippen LogP contribution >= 0.6 is 0 Å². The number of carbonyl (C=O) groups excluding carboxylic acids is 1. The van der Waals surface area contributed by atoms with Crippen LogP contribution in [0.5, 0.6) is 0 Å². The first kappa shape index (κ1) is 19.1. The van der Waals surface area contributed by atoms with Crippen molar-refractivity contribution in [3.05, 3.63) is 35.4 Å². The second-order valence-corrected chi connectivity index (χ2v) is 6.07. The van der Waals surface area contributed by atoms with Crippen LogP contribution in [0.2, 0.25) is 0 Å². The maximum Gasteiger partial charge on any atom is 0.305 e. The van der Waals surface area contributed by atoms with Crippen molar-refractivity contribution in [3.63, 3.8) is 0 Å². The third-order valence-corrected chi connectivity index (χ3v) is 3.22. The van der Waals surface area contributed by atoms with Gasteiger partial charge in [-0.15, -0.1) is 0 Å². The molecule has 0 saturated heterocycles. The molecule has 1 atom stereocenters. The molecule has 2 N–H and O–H groups in total. The Hall–Kier alpha value is -1.92. The second kappa shape index (κ2) is 8.64. The van der Waals surface area contributed by atoms with Crippen LogP contribution in [0.4, 0.5) is 0 Å². The summed E-state index contributed by atoms with van der Waals surface area (Å²) < 4.78 is 10.5. The topological polar surface area (TPSA) is 84.9 Å². The molecule has 0 aliphatic carbocycles. The molecule has 23 heavy (non-hydrogen) atoms. The minimum atomic E-state index is -0.994. The molecule has 1 aromatic carbocycles. The average Bonchev–Trinajstić information content (AvgIpc) is 2.44. The first-order valence-corrected chi connectivity index (χ1v) is 7.49. The lowest BCUT2D eigenvalue weighted by Crippen LogP contribution is -2.50. The summed E-state index contributed by atoms with van der Waals surface area (Å²) in [5, 5.41) is 11.7. The largest absolute Gasteiger partial charge is 0.481 e. The molecule has 0 aliphatic rings. The fourth-order valence-corrected chi connectivity index (χ4v) is 2.15. The number of rotatable bonds is 9. The van der Waals surface area contributed by atoms with Crippen LogP contribution < -0.4 is 5.32 Å². The third-order valence-electron chi connectivity index (χ3n) is 3.22. The lowest BCUT2D eigenvalue weighted by Gasteiger charge is -2.28. The van der Waals surface area contributed by atoms with Gasteiger partial charge >= 0.3 is 5.97 Å². The molecule has 128 valence electrons. The van der Waals surface area contributed by atoms with Gasteiger partial charge in [0.05, 0.1) is 31.3 Å². The maximum absolute atomic E-state index is 12.3. The van der Waals surface area contributed by atoms with Crippen molar-refractivity contribution in [3.8, 4) is 0 Å². The number of hydrogen-bond donors (Lipinski definition) is 2. The van der Waals surface area contributed by atoms with E-state index in [1.165, 1.54) is 7.11 Å². The van der Waals surface area contributed by atoms with E-state index in [9.17, 15) is 9.59 Å². The highest BCUT2D eigenvalue weighted by atomic mass is 16.5. The monoisotopic (exact) mass is 323 g/mol. The summed E-state index contributed by atoms with van der Waals surface area (Å²) in [6.45, 7) is 6.17. The highest BCUT2D eigenvalue weighted by Crippen LogP contribution is 2.13. The van der Waals surface area contributed by atoms with Gasteiger partial charge < -0.3 is 19.9 Å². The van der Waals surface area contributed by atoms with Gasteiger partial charge in [0, 0.05) is 12.7 Å². The van der Waals surface area contributed by atoms with Crippen molar-refractivity contribution >= 4 is 11.9 Å². The summed E-state index contributed by atoms with van der Waals surface area (Å²) in [7, 11) is 1.47. The molecule has 1 aromatic rings. The molecule has 0 heterocycles. The number of carboxylic acids is 1. The van der Waals surface area contributed by atoms with Crippen molar-refractivity contribution in [1.82, 2.24) is 5.32 Å². The lowest BCUT2D eigenvalue weighted by atomic mass is 9.98. The molecule has 1 unspecified atom stereocenters. The van der Waals surface area contributed by atoms with Gasteiger partial charge in [-0.1, -0.05) is 12.1 Å². The zero-order chi connectivity index (χ0) is 17.5. The first-order chi connectivity index (χ1) is 10.8. The van der Waals surface area contributed by atoms with Gasteiger partial charge in [-0.2, -0.15) is 0 Å². The van der Waals surface area contributed by atoms with Crippen molar-refractivity contribution in [2.24, 2.45) is 0 Å². The molecule has 0 fully saturated rings. The predicted octanol–water partition coefficient (Wildman–Crippen LogP) is 2.22. The minimum absolute atomic E-state index is 0.116. The molecule has 0 aromatic heterocycles. The molecule has 0 bridgehead atoms. The fourth-order valence-electron chi connectivity index (χ4n) is 2.15. The Labute approximate surface area is 136 Å². The van der Waals surface area contributed by atoms with E-state index in [-0.39, 0.29) is 25.0 Å². The molecule has 0 saturated carbocycles. The standard InChI is InChI=1S/C17H25NO5/c1-12(2)23-10-13-5-7-14(8-6-13)16(21)18-17(3,11-22-4)9-15(19)20/h5-8,12H,9-11H2,1-4H3,(H,18,21)(H,19,20). The summed E-state index contributed by atoms with van der Waals surface area (Å²) in [5.74, 6) is -1.33. The Morgan fingerprint density at radius 1 is 1.26 bits per heavy atom. The van der Waals surface area contributed by atoms with Gasteiger partial charge in [-0.25, -0.2) is 0 Å². The fraction of sp³-hybridized carbons (Fsp3) is 0.529. The van der Waals surface area contributed by atoms with Crippen LogP contribution in [-0.4, -0.2) is 42.3 Å². The van der Waals surface area contributed by atoms with Gasteiger partial charge in [0.15, 0.2) is 0 Å². The van der Waals surface area contributed by atoms with Gasteiger partial charge in [-0.3, -0.25) is 9.59 Å². The first-order valence-electron chi connectivity index (χ1n) is 7.49. The van der Waals surface area contributed by atoms with Gasteiger partial charge in [0.1, 0.15) is 0 Å². The molecule has 6 nitrogen and oxygen atoms in total. The Kier molecular flexibility index (Phi) is 7.19. The van der Waals surface area contributed by atoms with Crippen LogP contribution in [0.3, 0.4) is 0 Å². The number of carboxylic acid groups (broad SMARTS) is 1. The third kappa shape index (κ3) is 6.80. The molecule has 0 aliphatic heterocycles. The smallest absolute Gasteiger partial charge is 0.305 e. The normalized spacial score (nSPS) is 13.6. The van der Waals surface area contributed by atoms with E-state index in [1.807, 2.05) is 26.0 Å². The van der Waals surface area contributed by atoms with Crippen molar-refractivity contribution in [1.29, 1.82) is 0 Å². The Morgan fingerprint density at radius 2 is 1.87 bits per heavy atom. The number of ether oxygens (including phenoxy) is 2. The Morgan fingerprint density at radius 3 is 2.35 bits per heavy atom. The Balaban J connectivity index is 2.73. The number of amides is 1. The van der Waals surface area contributed by atoms with Gasteiger partial charge in [0.25, 0.3) is 5.91 Å². The maximum atomic E-state index is 12.3. The van der Waals surface area contributed by atoms with Crippen molar-refractivity contribution < 1.29 is 24.2 Å². The lowest BCUT2D eigenvalue weighted by molar-refractivity contribution is -0.139. The van der Waals surface area contributed by atoms with E-state index in [4.69, 9.17) is 14.6 Å². The van der Waals surface area contributed by atoms with Crippen LogP contribution in [0.25, 0.3) is 0 Å². The molecule has 1 rings (SSSR count). The van der Waals surface area contributed by atoms with E-state index in [0.717, 1.165) is 5.56 Å². The molecular weight excluding hydrogens is 298 g/mol. The number of benzene rings is 1. The average molecular weight is 323 g/mol. The van der Waals surface area contributed by atoms with Crippen LogP contribution in [-0.2, 0) is 20.9 Å². The van der Waals surface area contributed by atoms with E-state index in [2.05, 4.69) is 5.32 Å². The highest BCUT2D eigenvalue weighted by molar-refractivity contribution is 5.95. The summed E-state index contributed by atoms with van der Waals surface area (Å²) in [5.41, 5.74) is 0.475. The number of nitrogens with one attached hydrogen (secondary N) is 1. The molecule has 0 spiro atoms. The van der Waals surface area contributed by atoms with E-state index >= 15 is 0 Å². The van der Waals surface area contributed by atoms with Crippen LogP contribution in [0.1, 0.15) is 43.1 Å². The molecule has 1 amide bonds. The number of carbonyl (C=O) groups is 2.